The van der Waals surface area contributed by atoms with Crippen LogP contribution in [0.5, 0.6) is 11.5 Å². The summed E-state index contributed by atoms with van der Waals surface area (Å²) in [5.41, 5.74) is -0.974. The van der Waals surface area contributed by atoms with Gasteiger partial charge >= 0.3 is 0 Å². The highest BCUT2D eigenvalue weighted by Crippen LogP contribution is 2.54. The van der Waals surface area contributed by atoms with Crippen LogP contribution >= 0.6 is 46.4 Å². The molecule has 0 saturated heterocycles. The Balaban J connectivity index is 2.68. The van der Waals surface area contributed by atoms with Crippen molar-refractivity contribution in [3.63, 3.8) is 0 Å². The number of hydrogen-bond donors (Lipinski definition) is 3. The first-order valence-electron chi connectivity index (χ1n) is 7.89. The number of benzene rings is 3. The third-order valence-electron chi connectivity index (χ3n) is 4.36. The van der Waals surface area contributed by atoms with E-state index in [4.69, 9.17) is 46.4 Å². The van der Waals surface area contributed by atoms with Gasteiger partial charge in [-0.3, -0.25) is 4.55 Å². The summed E-state index contributed by atoms with van der Waals surface area (Å²) >= 11 is 24.6. The van der Waals surface area contributed by atoms with E-state index in [9.17, 15) is 23.2 Å². The first-order chi connectivity index (χ1) is 13.5. The maximum Gasteiger partial charge on any atom is 0.283 e. The zero-order valence-electron chi connectivity index (χ0n) is 14.3. The molecule has 0 fully saturated rings. The molecular formula is C19H12Cl4O5S. The van der Waals surface area contributed by atoms with Crippen LogP contribution in [0, 0.1) is 0 Å². The molecule has 152 valence electrons. The molecule has 3 N–H and O–H groups in total. The summed E-state index contributed by atoms with van der Waals surface area (Å²) in [6, 6.07) is 11.6. The molecule has 0 aromatic heterocycles. The average Bonchev–Trinajstić information content (AvgIpc) is 2.60. The van der Waals surface area contributed by atoms with Gasteiger partial charge in [-0.2, -0.15) is 8.42 Å². The molecular weight excluding hydrogens is 482 g/mol. The van der Waals surface area contributed by atoms with E-state index in [2.05, 4.69) is 0 Å². The minimum Gasteiger partial charge on any atom is -0.508 e. The van der Waals surface area contributed by atoms with Gasteiger partial charge in [-0.15, -0.1) is 0 Å². The Bertz CT molecular complexity index is 1190. The van der Waals surface area contributed by atoms with Crippen LogP contribution in [0.2, 0.25) is 20.1 Å². The van der Waals surface area contributed by atoms with Crippen LogP contribution in [-0.2, 0) is 14.9 Å². The quantitative estimate of drug-likeness (QED) is 0.311. The van der Waals surface area contributed by atoms with Crippen LogP contribution in [0.3, 0.4) is 0 Å². The highest BCUT2D eigenvalue weighted by molar-refractivity contribution is 7.87. The number of halogens is 4. The van der Waals surface area contributed by atoms with Crippen molar-refractivity contribution in [1.82, 2.24) is 0 Å². The van der Waals surface area contributed by atoms with Crippen molar-refractivity contribution >= 4 is 56.5 Å². The van der Waals surface area contributed by atoms with Crippen LogP contribution in [0.25, 0.3) is 0 Å². The predicted molar refractivity (Wildman–Crippen MR) is 114 cm³/mol. The number of aromatic hydroxyl groups is 2. The van der Waals surface area contributed by atoms with E-state index in [0.717, 1.165) is 18.2 Å². The van der Waals surface area contributed by atoms with Gasteiger partial charge in [0.15, 0.2) is 4.75 Å². The predicted octanol–water partition coefficient (Wildman–Crippen LogP) is 5.89. The van der Waals surface area contributed by atoms with Crippen molar-refractivity contribution in [2.45, 2.75) is 4.75 Å². The highest BCUT2D eigenvalue weighted by Gasteiger charge is 2.54. The Morgan fingerprint density at radius 1 is 0.724 bits per heavy atom. The van der Waals surface area contributed by atoms with E-state index in [1.165, 1.54) is 30.3 Å². The van der Waals surface area contributed by atoms with E-state index >= 15 is 0 Å². The summed E-state index contributed by atoms with van der Waals surface area (Å²) in [6.07, 6.45) is 0. The third-order valence-corrected chi connectivity index (χ3v) is 6.86. The summed E-state index contributed by atoms with van der Waals surface area (Å²) in [4.78, 5) is 0. The molecule has 3 aromatic carbocycles. The van der Waals surface area contributed by atoms with Gasteiger partial charge in [-0.25, -0.2) is 0 Å². The lowest BCUT2D eigenvalue weighted by atomic mass is 9.82. The number of phenols is 2. The van der Waals surface area contributed by atoms with Crippen molar-refractivity contribution in [1.29, 1.82) is 0 Å². The standard InChI is InChI=1S/C19H12Cl4O5S/c20-10-5-6-16(24)13(7-10)19(29(26,27)28,12-3-1-2-4-14(12)22)18-15(23)8-11(21)9-17(18)25/h1-9,24-25H,(H,26,27,28). The van der Waals surface area contributed by atoms with Gasteiger partial charge in [0, 0.05) is 31.8 Å². The normalized spacial score (nSPS) is 13.8. The average molecular weight is 494 g/mol. The van der Waals surface area contributed by atoms with Crippen LogP contribution in [0.4, 0.5) is 0 Å². The van der Waals surface area contributed by atoms with Gasteiger partial charge in [0.25, 0.3) is 10.1 Å². The molecule has 0 aliphatic rings. The van der Waals surface area contributed by atoms with Crippen molar-refractivity contribution in [3.8, 4) is 11.5 Å². The van der Waals surface area contributed by atoms with Gasteiger partial charge in [-0.1, -0.05) is 64.6 Å². The topological polar surface area (TPSA) is 94.8 Å². The molecule has 0 spiro atoms. The molecule has 3 aromatic rings. The van der Waals surface area contributed by atoms with Crippen LogP contribution in [0.15, 0.2) is 54.6 Å². The van der Waals surface area contributed by atoms with Crippen molar-refractivity contribution in [2.24, 2.45) is 0 Å². The monoisotopic (exact) mass is 492 g/mol. The molecule has 0 bridgehead atoms. The molecule has 0 heterocycles. The second-order valence-corrected chi connectivity index (χ2v) is 9.33. The molecule has 0 aliphatic carbocycles. The SMILES string of the molecule is O=S(=O)(O)C(c1cc(Cl)ccc1O)(c1ccccc1Cl)c1c(O)cc(Cl)cc1Cl. The minimum absolute atomic E-state index is 0.0231. The summed E-state index contributed by atoms with van der Waals surface area (Å²) in [5.74, 6) is -1.17. The summed E-state index contributed by atoms with van der Waals surface area (Å²) in [7, 11) is -5.20. The second kappa shape index (κ2) is 7.87. The Morgan fingerprint density at radius 3 is 1.97 bits per heavy atom. The molecule has 0 aliphatic heterocycles. The van der Waals surface area contributed by atoms with Gasteiger partial charge in [-0.05, 0) is 36.4 Å². The van der Waals surface area contributed by atoms with Gasteiger partial charge < -0.3 is 10.2 Å². The summed E-state index contributed by atoms with van der Waals surface area (Å²) in [5, 5.41) is 20.9. The molecule has 0 radical (unpaired) electrons. The van der Waals surface area contributed by atoms with Gasteiger partial charge in [0.05, 0.1) is 5.02 Å². The molecule has 0 amide bonds. The van der Waals surface area contributed by atoms with Crippen molar-refractivity contribution < 1.29 is 23.2 Å². The lowest BCUT2D eigenvalue weighted by molar-refractivity contribution is 0.428. The van der Waals surface area contributed by atoms with E-state index in [1.807, 2.05) is 0 Å². The zero-order chi connectivity index (χ0) is 21.6. The fraction of sp³-hybridized carbons (Fsp3) is 0.0526. The van der Waals surface area contributed by atoms with Crippen LogP contribution in [0.1, 0.15) is 16.7 Å². The van der Waals surface area contributed by atoms with Gasteiger partial charge in [0.2, 0.25) is 0 Å². The maximum atomic E-state index is 13.0. The van der Waals surface area contributed by atoms with Crippen molar-refractivity contribution in [3.05, 3.63) is 91.4 Å². The molecule has 10 heteroatoms. The first kappa shape index (κ1) is 22.0. The van der Waals surface area contributed by atoms with Crippen LogP contribution in [-0.4, -0.2) is 23.2 Å². The lowest BCUT2D eigenvalue weighted by Gasteiger charge is -2.34. The Morgan fingerprint density at radius 2 is 1.38 bits per heavy atom. The van der Waals surface area contributed by atoms with Crippen molar-refractivity contribution in [2.75, 3.05) is 0 Å². The Kier molecular flexibility index (Phi) is 5.98. The largest absolute Gasteiger partial charge is 0.508 e. The number of rotatable bonds is 4. The first-order valence-corrected chi connectivity index (χ1v) is 10.8. The molecule has 3 rings (SSSR count). The molecule has 1 atom stereocenters. The van der Waals surface area contributed by atoms with E-state index < -0.39 is 31.9 Å². The van der Waals surface area contributed by atoms with E-state index in [1.54, 1.807) is 6.07 Å². The minimum atomic E-state index is -5.20. The summed E-state index contributed by atoms with van der Waals surface area (Å²) in [6.45, 7) is 0. The molecule has 1 unspecified atom stereocenters. The number of phenolic OH excluding ortho intramolecular Hbond substituents is 2. The number of hydrogen-bond acceptors (Lipinski definition) is 4. The highest BCUT2D eigenvalue weighted by atomic mass is 35.5. The molecule has 29 heavy (non-hydrogen) atoms. The van der Waals surface area contributed by atoms with E-state index in [-0.39, 0.29) is 31.2 Å². The van der Waals surface area contributed by atoms with Crippen LogP contribution < -0.4 is 0 Å². The fourth-order valence-electron chi connectivity index (χ4n) is 3.27. The summed E-state index contributed by atoms with van der Waals surface area (Å²) < 4.78 is 33.9. The van der Waals surface area contributed by atoms with E-state index in [0.29, 0.717) is 0 Å². The molecule has 5 nitrogen and oxygen atoms in total. The smallest absolute Gasteiger partial charge is 0.283 e. The lowest BCUT2D eigenvalue weighted by Crippen LogP contribution is -2.39. The third kappa shape index (κ3) is 3.65. The Hall–Kier alpha value is -1.67. The van der Waals surface area contributed by atoms with Gasteiger partial charge in [0.1, 0.15) is 11.5 Å². The Labute approximate surface area is 186 Å². The fourth-order valence-corrected chi connectivity index (χ4v) is 5.82. The maximum absolute atomic E-state index is 13.0. The second-order valence-electron chi connectivity index (χ2n) is 6.08. The zero-order valence-corrected chi connectivity index (χ0v) is 18.1. The molecule has 0 saturated carbocycles.